The number of ether oxygens (including phenoxy) is 2. The van der Waals surface area contributed by atoms with Crippen LogP contribution in [0, 0.1) is 0 Å². The van der Waals surface area contributed by atoms with Crippen molar-refractivity contribution >= 4 is 12.1 Å². The van der Waals surface area contributed by atoms with Gasteiger partial charge in [0.2, 0.25) is 0 Å². The molecule has 1 saturated carbocycles. The van der Waals surface area contributed by atoms with E-state index in [-0.39, 0.29) is 13.2 Å². The first-order valence-corrected chi connectivity index (χ1v) is 9.34. The summed E-state index contributed by atoms with van der Waals surface area (Å²) in [5, 5.41) is 0. The van der Waals surface area contributed by atoms with E-state index in [9.17, 15) is 9.59 Å². The quantitative estimate of drug-likeness (QED) is 0.782. The summed E-state index contributed by atoms with van der Waals surface area (Å²) in [6, 6.07) is 8.42. The van der Waals surface area contributed by atoms with Crippen LogP contribution in [0.2, 0.25) is 0 Å². The average molecular weight is 375 g/mol. The molecule has 1 aromatic carbocycles. The summed E-state index contributed by atoms with van der Waals surface area (Å²) >= 11 is 0. The molecule has 4 N–H and O–H groups in total. The van der Waals surface area contributed by atoms with Crippen molar-refractivity contribution in [3.8, 4) is 0 Å². The Bertz CT molecular complexity index is 718. The third-order valence-electron chi connectivity index (χ3n) is 5.46. The molecule has 3 rings (SSSR count). The molecule has 0 bridgehead atoms. The number of fused-ring (bicyclic) bond motifs is 1. The normalized spacial score (nSPS) is 30.1. The first-order valence-electron chi connectivity index (χ1n) is 9.34. The topological polar surface area (TPSA) is 108 Å². The maximum Gasteiger partial charge on any atom is 0.410 e. The molecule has 0 spiro atoms. The van der Waals surface area contributed by atoms with Gasteiger partial charge in [-0.25, -0.2) is 9.59 Å². The highest BCUT2D eigenvalue weighted by molar-refractivity contribution is 5.85. The van der Waals surface area contributed by atoms with Crippen molar-refractivity contribution in [2.75, 3.05) is 6.54 Å². The van der Waals surface area contributed by atoms with Crippen LogP contribution in [0.15, 0.2) is 30.3 Å². The van der Waals surface area contributed by atoms with Gasteiger partial charge >= 0.3 is 12.1 Å². The van der Waals surface area contributed by atoms with Crippen LogP contribution < -0.4 is 11.5 Å². The van der Waals surface area contributed by atoms with Gasteiger partial charge in [-0.15, -0.1) is 0 Å². The Morgan fingerprint density at radius 2 is 1.85 bits per heavy atom. The number of nitrogens with zero attached hydrogens (tertiary/aromatic N) is 1. The van der Waals surface area contributed by atoms with Crippen molar-refractivity contribution in [3.63, 3.8) is 0 Å². The second-order valence-corrected chi connectivity index (χ2v) is 8.65. The van der Waals surface area contributed by atoms with Crippen LogP contribution in [-0.4, -0.2) is 46.2 Å². The Morgan fingerprint density at radius 1 is 1.19 bits per heavy atom. The van der Waals surface area contributed by atoms with Gasteiger partial charge in [-0.2, -0.15) is 0 Å². The summed E-state index contributed by atoms with van der Waals surface area (Å²) in [7, 11) is 0. The third-order valence-corrected chi connectivity index (χ3v) is 5.46. The highest BCUT2D eigenvalue weighted by Crippen LogP contribution is 2.46. The lowest BCUT2D eigenvalue weighted by Crippen LogP contribution is -2.66. The van der Waals surface area contributed by atoms with E-state index in [1.807, 2.05) is 30.3 Å². The molecule has 1 heterocycles. The lowest BCUT2D eigenvalue weighted by molar-refractivity contribution is -0.161. The Labute approximate surface area is 160 Å². The standard InChI is InChI=1S/C20H29N3O4/c1-18(2,3)27-16(24)15-20(22)11-7-10-19(20,21)13-23(15)17(25)26-12-14-8-5-4-6-9-14/h4-6,8-9,15H,7,10-13,21-22H2,1-3H3/t15-,19-,20+/m1/s1. The Morgan fingerprint density at radius 3 is 2.48 bits per heavy atom. The van der Waals surface area contributed by atoms with Crippen LogP contribution in [0.3, 0.4) is 0 Å². The van der Waals surface area contributed by atoms with Crippen molar-refractivity contribution in [2.24, 2.45) is 11.5 Å². The Balaban J connectivity index is 1.81. The number of benzene rings is 1. The Hall–Kier alpha value is -2.12. The first kappa shape index (κ1) is 19.6. The summed E-state index contributed by atoms with van der Waals surface area (Å²) in [4.78, 5) is 27.1. The maximum absolute atomic E-state index is 12.9. The van der Waals surface area contributed by atoms with Crippen LogP contribution in [-0.2, 0) is 20.9 Å². The monoisotopic (exact) mass is 375 g/mol. The summed E-state index contributed by atoms with van der Waals surface area (Å²) in [5.74, 6) is -0.532. The van der Waals surface area contributed by atoms with Gasteiger partial charge in [0, 0.05) is 6.54 Å². The van der Waals surface area contributed by atoms with Crippen LogP contribution >= 0.6 is 0 Å². The first-order chi connectivity index (χ1) is 12.6. The summed E-state index contributed by atoms with van der Waals surface area (Å²) in [6.07, 6.45) is 1.44. The van der Waals surface area contributed by atoms with E-state index >= 15 is 0 Å². The second kappa shape index (κ2) is 6.80. The van der Waals surface area contributed by atoms with Gasteiger partial charge in [0.25, 0.3) is 0 Å². The van der Waals surface area contributed by atoms with E-state index < -0.39 is 34.8 Å². The lowest BCUT2D eigenvalue weighted by Gasteiger charge is -2.37. The van der Waals surface area contributed by atoms with Gasteiger partial charge in [0.15, 0.2) is 6.04 Å². The maximum atomic E-state index is 12.9. The smallest absolute Gasteiger partial charge is 0.410 e. The molecular weight excluding hydrogens is 346 g/mol. The largest absolute Gasteiger partial charge is 0.458 e. The van der Waals surface area contributed by atoms with E-state index in [0.29, 0.717) is 12.8 Å². The minimum absolute atomic E-state index is 0.117. The number of hydrogen-bond donors (Lipinski definition) is 2. The molecular formula is C20H29N3O4. The Kier molecular flexibility index (Phi) is 4.94. The predicted molar refractivity (Wildman–Crippen MR) is 101 cm³/mol. The highest BCUT2D eigenvalue weighted by atomic mass is 16.6. The summed E-state index contributed by atoms with van der Waals surface area (Å²) in [5.41, 5.74) is 11.5. The van der Waals surface area contributed by atoms with E-state index in [4.69, 9.17) is 20.9 Å². The number of rotatable bonds is 3. The molecule has 148 valence electrons. The van der Waals surface area contributed by atoms with E-state index in [1.165, 1.54) is 4.90 Å². The zero-order valence-electron chi connectivity index (χ0n) is 16.2. The summed E-state index contributed by atoms with van der Waals surface area (Å²) < 4.78 is 11.0. The molecule has 1 saturated heterocycles. The van der Waals surface area contributed by atoms with Crippen LogP contribution in [0.5, 0.6) is 0 Å². The number of nitrogens with two attached hydrogens (primary N) is 2. The van der Waals surface area contributed by atoms with Crippen molar-refractivity contribution < 1.29 is 19.1 Å². The van der Waals surface area contributed by atoms with E-state index in [2.05, 4.69) is 0 Å². The fraction of sp³-hybridized carbons (Fsp3) is 0.600. The predicted octanol–water partition coefficient (Wildman–Crippen LogP) is 1.93. The minimum Gasteiger partial charge on any atom is -0.458 e. The number of amides is 1. The van der Waals surface area contributed by atoms with Gasteiger partial charge in [-0.3, -0.25) is 4.90 Å². The van der Waals surface area contributed by atoms with Crippen LogP contribution in [0.25, 0.3) is 0 Å². The van der Waals surface area contributed by atoms with Gasteiger partial charge < -0.3 is 20.9 Å². The van der Waals surface area contributed by atoms with Gasteiger partial charge in [0.1, 0.15) is 12.2 Å². The number of esters is 1. The molecule has 2 aliphatic rings. The molecule has 1 aliphatic carbocycles. The molecule has 0 radical (unpaired) electrons. The molecule has 0 unspecified atom stereocenters. The number of carbonyl (C=O) groups excluding carboxylic acids is 2. The molecule has 0 aromatic heterocycles. The fourth-order valence-corrected chi connectivity index (χ4v) is 4.15. The molecule has 7 nitrogen and oxygen atoms in total. The molecule has 1 aromatic rings. The molecule has 1 aliphatic heterocycles. The molecule has 27 heavy (non-hydrogen) atoms. The molecule has 7 heteroatoms. The van der Waals surface area contributed by atoms with Gasteiger partial charge in [0.05, 0.1) is 11.1 Å². The fourth-order valence-electron chi connectivity index (χ4n) is 4.15. The second-order valence-electron chi connectivity index (χ2n) is 8.65. The third kappa shape index (κ3) is 3.66. The van der Waals surface area contributed by atoms with Crippen LogP contribution in [0.1, 0.15) is 45.6 Å². The molecule has 2 fully saturated rings. The number of carbonyl (C=O) groups is 2. The zero-order valence-corrected chi connectivity index (χ0v) is 16.2. The molecule has 1 amide bonds. The SMILES string of the molecule is CC(C)(C)OC(=O)[C@H]1N(C(=O)OCc2ccccc2)C[C@]2(N)CCC[C@]12N. The minimum atomic E-state index is -1.01. The van der Waals surface area contributed by atoms with Gasteiger partial charge in [-0.05, 0) is 45.6 Å². The van der Waals surface area contributed by atoms with Crippen molar-refractivity contribution in [1.29, 1.82) is 0 Å². The summed E-state index contributed by atoms with van der Waals surface area (Å²) in [6.45, 7) is 5.65. The lowest BCUT2D eigenvalue weighted by atomic mass is 9.80. The van der Waals surface area contributed by atoms with E-state index in [0.717, 1.165) is 12.0 Å². The van der Waals surface area contributed by atoms with Crippen molar-refractivity contribution in [1.82, 2.24) is 4.90 Å². The van der Waals surface area contributed by atoms with Crippen LogP contribution in [0.4, 0.5) is 4.79 Å². The number of hydrogen-bond acceptors (Lipinski definition) is 6. The molecule has 3 atom stereocenters. The zero-order chi connectivity index (χ0) is 19.9. The average Bonchev–Trinajstić information content (AvgIpc) is 2.98. The van der Waals surface area contributed by atoms with Crippen molar-refractivity contribution in [2.45, 2.75) is 69.4 Å². The van der Waals surface area contributed by atoms with E-state index in [1.54, 1.807) is 20.8 Å². The highest BCUT2D eigenvalue weighted by Gasteiger charge is 2.66. The van der Waals surface area contributed by atoms with Gasteiger partial charge in [-0.1, -0.05) is 30.3 Å². The van der Waals surface area contributed by atoms with Crippen molar-refractivity contribution in [3.05, 3.63) is 35.9 Å². The number of likely N-dealkylation sites (tertiary alicyclic amines) is 1.